The number of primary amides is 1. The summed E-state index contributed by atoms with van der Waals surface area (Å²) in [6.07, 6.45) is 5.37. The van der Waals surface area contributed by atoms with Gasteiger partial charge in [-0.3, -0.25) is 4.79 Å². The van der Waals surface area contributed by atoms with Crippen molar-refractivity contribution < 1.29 is 14.7 Å². The lowest BCUT2D eigenvalue weighted by Crippen LogP contribution is -2.34. The molecule has 3 heterocycles. The fraction of sp³-hybridized carbons (Fsp3) is 0.200. The number of amides is 1. The molecule has 0 spiro atoms. The summed E-state index contributed by atoms with van der Waals surface area (Å²) in [5.41, 5.74) is 9.49. The summed E-state index contributed by atoms with van der Waals surface area (Å²) in [4.78, 5) is 30.7. The van der Waals surface area contributed by atoms with E-state index in [2.05, 4.69) is 51.3 Å². The summed E-state index contributed by atoms with van der Waals surface area (Å²) < 4.78 is 0. The molecule has 2 aromatic heterocycles. The predicted octanol–water partition coefficient (Wildman–Crippen LogP) is 5.59. The molecule has 0 atom stereocenters. The Morgan fingerprint density at radius 3 is 2.30 bits per heavy atom. The summed E-state index contributed by atoms with van der Waals surface area (Å²) in [6, 6.07) is 25.4. The number of nitrogens with one attached hydrogen (secondary N) is 2. The Morgan fingerprint density at radius 2 is 1.57 bits per heavy atom. The zero-order valence-electron chi connectivity index (χ0n) is 20.5. The predicted molar refractivity (Wildman–Crippen MR) is 147 cm³/mol. The second kappa shape index (κ2) is 10.6. The number of hydrogen-bond acceptors (Lipinski definition) is 3. The van der Waals surface area contributed by atoms with Crippen molar-refractivity contribution in [2.75, 3.05) is 18.0 Å². The van der Waals surface area contributed by atoms with E-state index in [1.165, 1.54) is 24.8 Å². The number of carboxylic acids is 1. The number of anilines is 1. The maximum atomic E-state index is 11.3. The van der Waals surface area contributed by atoms with Gasteiger partial charge in [0.05, 0.1) is 5.56 Å². The maximum absolute atomic E-state index is 11.3. The number of carboxylic acid groups (broad SMARTS) is 1. The van der Waals surface area contributed by atoms with Crippen LogP contribution in [-0.2, 0) is 6.42 Å². The average molecular weight is 495 g/mol. The van der Waals surface area contributed by atoms with Crippen molar-refractivity contribution in [2.24, 2.45) is 11.7 Å². The minimum atomic E-state index is -0.897. The largest absolute Gasteiger partial charge is 0.478 e. The van der Waals surface area contributed by atoms with Crippen LogP contribution >= 0.6 is 0 Å². The third-order valence-electron chi connectivity index (χ3n) is 7.02. The fourth-order valence-electron chi connectivity index (χ4n) is 4.94. The molecule has 37 heavy (non-hydrogen) atoms. The van der Waals surface area contributed by atoms with Crippen molar-refractivity contribution in [1.29, 1.82) is 0 Å². The summed E-state index contributed by atoms with van der Waals surface area (Å²) in [5, 5.41) is 10.8. The van der Waals surface area contributed by atoms with Gasteiger partial charge in [-0.2, -0.15) is 0 Å². The summed E-state index contributed by atoms with van der Waals surface area (Å²) >= 11 is 0. The molecule has 1 aliphatic rings. The van der Waals surface area contributed by atoms with Crippen LogP contribution in [0, 0.1) is 5.92 Å². The van der Waals surface area contributed by atoms with Crippen LogP contribution in [-0.4, -0.2) is 40.0 Å². The Bertz CT molecular complexity index is 1530. The number of benzene rings is 3. The van der Waals surface area contributed by atoms with E-state index < -0.39 is 5.97 Å². The fourth-order valence-corrected chi connectivity index (χ4v) is 4.94. The van der Waals surface area contributed by atoms with Crippen LogP contribution in [0.1, 0.15) is 39.1 Å². The highest BCUT2D eigenvalue weighted by Gasteiger charge is 2.21. The van der Waals surface area contributed by atoms with E-state index in [1.807, 2.05) is 18.2 Å². The van der Waals surface area contributed by atoms with E-state index in [4.69, 9.17) is 10.8 Å². The molecule has 1 amide bonds. The lowest BCUT2D eigenvalue weighted by atomic mass is 9.90. The molecule has 3 aromatic carbocycles. The first kappa shape index (κ1) is 24.2. The Labute approximate surface area is 214 Å². The van der Waals surface area contributed by atoms with Crippen LogP contribution in [0.5, 0.6) is 0 Å². The van der Waals surface area contributed by atoms with Gasteiger partial charge in [0, 0.05) is 41.3 Å². The monoisotopic (exact) mass is 494 g/mol. The third-order valence-corrected chi connectivity index (χ3v) is 7.02. The van der Waals surface area contributed by atoms with E-state index in [0.29, 0.717) is 11.1 Å². The Hall–Kier alpha value is -4.52. The van der Waals surface area contributed by atoms with Crippen molar-refractivity contribution >= 4 is 39.5 Å². The molecular formula is C30H30N4O3. The van der Waals surface area contributed by atoms with Crippen LogP contribution in [0.3, 0.4) is 0 Å². The van der Waals surface area contributed by atoms with Gasteiger partial charge in [-0.15, -0.1) is 0 Å². The Morgan fingerprint density at radius 1 is 0.865 bits per heavy atom. The minimum Gasteiger partial charge on any atom is -0.478 e. The number of fused-ring (bicyclic) bond motifs is 2. The highest BCUT2D eigenvalue weighted by Crippen LogP contribution is 2.28. The molecule has 5 aromatic rings. The van der Waals surface area contributed by atoms with Crippen molar-refractivity contribution in [3.8, 4) is 0 Å². The quantitative estimate of drug-likeness (QED) is 0.255. The van der Waals surface area contributed by atoms with Gasteiger partial charge >= 0.3 is 5.97 Å². The SMILES string of the molecule is NC(=O)c1ccc2cc(N3CCC(Cc4ccccc4)CC3)[nH]c2c1.O=C(O)c1ccc2cc[nH]c2c1. The summed E-state index contributed by atoms with van der Waals surface area (Å²) in [5.74, 6) is 0.602. The first-order valence-electron chi connectivity index (χ1n) is 12.5. The van der Waals surface area contributed by atoms with Gasteiger partial charge < -0.3 is 25.7 Å². The van der Waals surface area contributed by atoms with Gasteiger partial charge in [-0.25, -0.2) is 4.79 Å². The van der Waals surface area contributed by atoms with Gasteiger partial charge in [0.1, 0.15) is 5.82 Å². The number of carbonyl (C=O) groups excluding carboxylic acids is 1. The molecule has 1 aliphatic heterocycles. The highest BCUT2D eigenvalue weighted by molar-refractivity contribution is 5.97. The zero-order chi connectivity index (χ0) is 25.8. The Kier molecular flexibility index (Phi) is 6.94. The highest BCUT2D eigenvalue weighted by atomic mass is 16.4. The number of nitrogens with zero attached hydrogens (tertiary/aromatic N) is 1. The summed E-state index contributed by atoms with van der Waals surface area (Å²) in [6.45, 7) is 2.12. The van der Waals surface area contributed by atoms with Crippen LogP contribution in [0.15, 0.2) is 85.1 Å². The van der Waals surface area contributed by atoms with Crippen molar-refractivity contribution in [3.05, 3.63) is 102 Å². The molecule has 6 rings (SSSR count). The second-order valence-electron chi connectivity index (χ2n) is 9.53. The van der Waals surface area contributed by atoms with Crippen molar-refractivity contribution in [2.45, 2.75) is 19.3 Å². The molecule has 1 saturated heterocycles. The van der Waals surface area contributed by atoms with Gasteiger partial charge in [-0.1, -0.05) is 42.5 Å². The number of nitrogens with two attached hydrogens (primary N) is 1. The van der Waals surface area contributed by atoms with Crippen LogP contribution in [0.25, 0.3) is 21.8 Å². The topological polar surface area (TPSA) is 115 Å². The van der Waals surface area contributed by atoms with Crippen LogP contribution in [0.4, 0.5) is 5.82 Å². The Balaban J connectivity index is 0.000000195. The molecule has 7 heteroatoms. The first-order chi connectivity index (χ1) is 18.0. The smallest absolute Gasteiger partial charge is 0.335 e. The molecule has 0 saturated carbocycles. The van der Waals surface area contributed by atoms with Crippen molar-refractivity contribution in [3.63, 3.8) is 0 Å². The third kappa shape index (κ3) is 5.67. The second-order valence-corrected chi connectivity index (χ2v) is 9.53. The van der Waals surface area contributed by atoms with Crippen LogP contribution in [0.2, 0.25) is 0 Å². The van der Waals surface area contributed by atoms with Gasteiger partial charge in [0.25, 0.3) is 0 Å². The molecule has 0 radical (unpaired) electrons. The number of aromatic nitrogens is 2. The average Bonchev–Trinajstić information content (AvgIpc) is 3.56. The zero-order valence-corrected chi connectivity index (χ0v) is 20.5. The standard InChI is InChI=1S/C21H23N3O.C9H7NO2/c22-21(25)18-7-6-17-14-20(23-19(17)13-18)24-10-8-16(9-11-24)12-15-4-2-1-3-5-15;11-9(12)7-2-1-6-3-4-10-8(6)5-7/h1-7,13-14,16,23H,8-12H2,(H2,22,25);1-5,10H,(H,11,12). The number of piperidine rings is 1. The van der Waals surface area contributed by atoms with E-state index in [9.17, 15) is 9.59 Å². The maximum Gasteiger partial charge on any atom is 0.335 e. The molecule has 0 aliphatic carbocycles. The number of aromatic amines is 2. The van der Waals surface area contributed by atoms with Crippen molar-refractivity contribution in [1.82, 2.24) is 9.97 Å². The number of carbonyl (C=O) groups is 2. The molecule has 5 N–H and O–H groups in total. The van der Waals surface area contributed by atoms with Gasteiger partial charge in [0.2, 0.25) is 5.91 Å². The first-order valence-corrected chi connectivity index (χ1v) is 12.5. The minimum absolute atomic E-state index is 0.310. The molecule has 0 unspecified atom stereocenters. The van der Waals surface area contributed by atoms with E-state index in [0.717, 1.165) is 46.6 Å². The van der Waals surface area contributed by atoms with Gasteiger partial charge in [0.15, 0.2) is 0 Å². The summed E-state index contributed by atoms with van der Waals surface area (Å²) in [7, 11) is 0. The number of H-pyrrole nitrogens is 2. The van der Waals surface area contributed by atoms with Crippen LogP contribution < -0.4 is 10.6 Å². The van der Waals surface area contributed by atoms with E-state index in [1.54, 1.807) is 30.5 Å². The normalized spacial score (nSPS) is 13.9. The molecular weight excluding hydrogens is 464 g/mol. The molecule has 0 bridgehead atoms. The lowest BCUT2D eigenvalue weighted by Gasteiger charge is -2.32. The lowest BCUT2D eigenvalue weighted by molar-refractivity contribution is 0.0696. The van der Waals surface area contributed by atoms with Gasteiger partial charge in [-0.05, 0) is 72.5 Å². The number of aromatic carboxylic acids is 1. The number of rotatable bonds is 5. The molecule has 1 fully saturated rings. The number of hydrogen-bond donors (Lipinski definition) is 4. The molecule has 7 nitrogen and oxygen atoms in total. The van der Waals surface area contributed by atoms with E-state index >= 15 is 0 Å². The van der Waals surface area contributed by atoms with E-state index in [-0.39, 0.29) is 5.91 Å². The molecule has 188 valence electrons.